The second-order valence-electron chi connectivity index (χ2n) is 5.11. The number of anilines is 1. The first-order valence-electron chi connectivity index (χ1n) is 7.08. The molecular formula is C15H22N2O3. The lowest BCUT2D eigenvalue weighted by Gasteiger charge is -2.32. The van der Waals surface area contributed by atoms with E-state index in [0.29, 0.717) is 31.5 Å². The highest BCUT2D eigenvalue weighted by atomic mass is 16.6. The third-order valence-electron chi connectivity index (χ3n) is 3.60. The summed E-state index contributed by atoms with van der Waals surface area (Å²) >= 11 is 0. The maximum atomic E-state index is 11.6. The van der Waals surface area contributed by atoms with Gasteiger partial charge in [0.2, 0.25) is 0 Å². The highest BCUT2D eigenvalue weighted by Crippen LogP contribution is 2.23. The first-order chi connectivity index (χ1) is 9.60. The van der Waals surface area contributed by atoms with Crippen LogP contribution in [0.15, 0.2) is 18.2 Å². The molecule has 1 amide bonds. The van der Waals surface area contributed by atoms with Crippen molar-refractivity contribution in [2.24, 2.45) is 0 Å². The summed E-state index contributed by atoms with van der Waals surface area (Å²) in [7, 11) is 0. The third-order valence-corrected chi connectivity index (χ3v) is 3.60. The number of ether oxygens (including phenoxy) is 1. The number of phenolic OH excluding ortho intramolecular Hbond substituents is 1. The lowest BCUT2D eigenvalue weighted by molar-refractivity contribution is 0.0983. The summed E-state index contributed by atoms with van der Waals surface area (Å²) in [6.07, 6.45) is 1.54. The van der Waals surface area contributed by atoms with Crippen molar-refractivity contribution in [2.45, 2.75) is 32.7 Å². The molecule has 0 radical (unpaired) electrons. The SMILES string of the molecule is CCOC(=O)N1CCC(Nc2ccc(C)c(O)c2)CC1. The Balaban J connectivity index is 1.85. The number of nitrogens with zero attached hydrogens (tertiary/aromatic N) is 1. The van der Waals surface area contributed by atoms with Gasteiger partial charge in [0.1, 0.15) is 5.75 Å². The fourth-order valence-corrected chi connectivity index (χ4v) is 2.36. The molecule has 5 heteroatoms. The van der Waals surface area contributed by atoms with Gasteiger partial charge in [-0.2, -0.15) is 0 Å². The van der Waals surface area contributed by atoms with E-state index in [1.165, 1.54) is 0 Å². The fourth-order valence-electron chi connectivity index (χ4n) is 2.36. The Morgan fingerprint density at radius 2 is 2.15 bits per heavy atom. The molecule has 1 saturated heterocycles. The lowest BCUT2D eigenvalue weighted by Crippen LogP contribution is -2.42. The minimum absolute atomic E-state index is 0.223. The van der Waals surface area contributed by atoms with Gasteiger partial charge in [-0.15, -0.1) is 0 Å². The van der Waals surface area contributed by atoms with Crippen LogP contribution in [-0.2, 0) is 4.74 Å². The Morgan fingerprint density at radius 1 is 1.45 bits per heavy atom. The Bertz CT molecular complexity index is 468. The average molecular weight is 278 g/mol. The summed E-state index contributed by atoms with van der Waals surface area (Å²) in [6, 6.07) is 5.92. The van der Waals surface area contributed by atoms with Crippen LogP contribution in [0.25, 0.3) is 0 Å². The van der Waals surface area contributed by atoms with E-state index in [0.717, 1.165) is 24.1 Å². The molecule has 0 saturated carbocycles. The molecule has 0 bridgehead atoms. The number of amides is 1. The van der Waals surface area contributed by atoms with Gasteiger partial charge in [0, 0.05) is 30.9 Å². The van der Waals surface area contributed by atoms with Crippen LogP contribution >= 0.6 is 0 Å². The van der Waals surface area contributed by atoms with Gasteiger partial charge < -0.3 is 20.1 Å². The number of carbonyl (C=O) groups excluding carboxylic acids is 1. The molecule has 0 unspecified atom stereocenters. The number of aromatic hydroxyl groups is 1. The molecule has 1 aromatic carbocycles. The maximum Gasteiger partial charge on any atom is 0.409 e. The molecular weight excluding hydrogens is 256 g/mol. The summed E-state index contributed by atoms with van der Waals surface area (Å²) in [6.45, 7) is 5.51. The average Bonchev–Trinajstić information content (AvgIpc) is 2.44. The number of aryl methyl sites for hydroxylation is 1. The molecule has 1 heterocycles. The predicted molar refractivity (Wildman–Crippen MR) is 78.1 cm³/mol. The van der Waals surface area contributed by atoms with Crippen LogP contribution in [0.1, 0.15) is 25.3 Å². The Hall–Kier alpha value is -1.91. The van der Waals surface area contributed by atoms with E-state index >= 15 is 0 Å². The van der Waals surface area contributed by atoms with Gasteiger partial charge in [-0.25, -0.2) is 4.79 Å². The van der Waals surface area contributed by atoms with E-state index in [1.807, 2.05) is 26.0 Å². The van der Waals surface area contributed by atoms with E-state index < -0.39 is 0 Å². The number of piperidine rings is 1. The van der Waals surface area contributed by atoms with Crippen LogP contribution < -0.4 is 5.32 Å². The minimum atomic E-state index is -0.223. The van der Waals surface area contributed by atoms with Crippen molar-refractivity contribution in [3.63, 3.8) is 0 Å². The Labute approximate surface area is 119 Å². The summed E-state index contributed by atoms with van der Waals surface area (Å²) in [5.74, 6) is 0.305. The van der Waals surface area contributed by atoms with Crippen LogP contribution in [-0.4, -0.2) is 41.8 Å². The second kappa shape index (κ2) is 6.50. The van der Waals surface area contributed by atoms with Gasteiger partial charge in [0.15, 0.2) is 0 Å². The van der Waals surface area contributed by atoms with E-state index in [9.17, 15) is 9.90 Å². The van der Waals surface area contributed by atoms with Gasteiger partial charge in [-0.1, -0.05) is 6.07 Å². The van der Waals surface area contributed by atoms with E-state index in [-0.39, 0.29) is 6.09 Å². The summed E-state index contributed by atoms with van der Waals surface area (Å²) in [4.78, 5) is 13.3. The van der Waals surface area contributed by atoms with Crippen LogP contribution in [0.5, 0.6) is 5.75 Å². The number of rotatable bonds is 3. The van der Waals surface area contributed by atoms with Gasteiger partial charge in [0.05, 0.1) is 6.61 Å². The van der Waals surface area contributed by atoms with Crippen molar-refractivity contribution in [1.82, 2.24) is 4.90 Å². The van der Waals surface area contributed by atoms with Crippen LogP contribution in [0, 0.1) is 6.92 Å². The van der Waals surface area contributed by atoms with Crippen molar-refractivity contribution in [1.29, 1.82) is 0 Å². The van der Waals surface area contributed by atoms with Crippen molar-refractivity contribution in [3.8, 4) is 5.75 Å². The molecule has 110 valence electrons. The first kappa shape index (κ1) is 14.5. The zero-order valence-electron chi connectivity index (χ0n) is 12.1. The number of phenols is 1. The molecule has 0 aliphatic carbocycles. The number of carbonyl (C=O) groups is 1. The zero-order chi connectivity index (χ0) is 14.5. The Kier molecular flexibility index (Phi) is 4.71. The molecule has 2 N–H and O–H groups in total. The van der Waals surface area contributed by atoms with Crippen LogP contribution in [0.2, 0.25) is 0 Å². The normalized spacial score (nSPS) is 16.0. The molecule has 5 nitrogen and oxygen atoms in total. The number of likely N-dealkylation sites (tertiary alicyclic amines) is 1. The third kappa shape index (κ3) is 3.56. The summed E-state index contributed by atoms with van der Waals surface area (Å²) in [5.41, 5.74) is 1.79. The van der Waals surface area contributed by atoms with Crippen molar-refractivity contribution >= 4 is 11.8 Å². The molecule has 1 aliphatic rings. The number of nitrogens with one attached hydrogen (secondary N) is 1. The molecule has 2 rings (SSSR count). The van der Waals surface area contributed by atoms with Gasteiger partial charge in [-0.05, 0) is 38.3 Å². The van der Waals surface area contributed by atoms with Gasteiger partial charge in [-0.3, -0.25) is 0 Å². The standard InChI is InChI=1S/C15H22N2O3/c1-3-20-15(19)17-8-6-12(7-9-17)16-13-5-4-11(2)14(18)10-13/h4-5,10,12,16,18H,3,6-9H2,1-2H3. The highest BCUT2D eigenvalue weighted by molar-refractivity contribution is 5.67. The highest BCUT2D eigenvalue weighted by Gasteiger charge is 2.23. The van der Waals surface area contributed by atoms with Crippen molar-refractivity contribution < 1.29 is 14.6 Å². The first-order valence-corrected chi connectivity index (χ1v) is 7.08. The van der Waals surface area contributed by atoms with Gasteiger partial charge >= 0.3 is 6.09 Å². The molecule has 0 spiro atoms. The molecule has 1 aliphatic heterocycles. The predicted octanol–water partition coefficient (Wildman–Crippen LogP) is 2.73. The molecule has 0 aromatic heterocycles. The van der Waals surface area contributed by atoms with Crippen molar-refractivity contribution in [3.05, 3.63) is 23.8 Å². The Morgan fingerprint density at radius 3 is 2.75 bits per heavy atom. The molecule has 1 fully saturated rings. The van der Waals surface area contributed by atoms with Crippen molar-refractivity contribution in [2.75, 3.05) is 25.0 Å². The second-order valence-corrected chi connectivity index (χ2v) is 5.11. The molecule has 20 heavy (non-hydrogen) atoms. The topological polar surface area (TPSA) is 61.8 Å². The fraction of sp³-hybridized carbons (Fsp3) is 0.533. The van der Waals surface area contributed by atoms with E-state index in [1.54, 1.807) is 11.0 Å². The van der Waals surface area contributed by atoms with Gasteiger partial charge in [0.25, 0.3) is 0 Å². The van der Waals surface area contributed by atoms with Crippen LogP contribution in [0.3, 0.4) is 0 Å². The summed E-state index contributed by atoms with van der Waals surface area (Å²) in [5, 5.41) is 13.1. The number of hydrogen-bond acceptors (Lipinski definition) is 4. The lowest BCUT2D eigenvalue weighted by atomic mass is 10.0. The van der Waals surface area contributed by atoms with E-state index in [4.69, 9.17) is 4.74 Å². The monoisotopic (exact) mass is 278 g/mol. The quantitative estimate of drug-likeness (QED) is 0.892. The maximum absolute atomic E-state index is 11.6. The van der Waals surface area contributed by atoms with Crippen LogP contribution in [0.4, 0.5) is 10.5 Å². The van der Waals surface area contributed by atoms with E-state index in [2.05, 4.69) is 5.32 Å². The zero-order valence-corrected chi connectivity index (χ0v) is 12.1. The number of benzene rings is 1. The molecule has 1 aromatic rings. The minimum Gasteiger partial charge on any atom is -0.508 e. The summed E-state index contributed by atoms with van der Waals surface area (Å²) < 4.78 is 5.00. The largest absolute Gasteiger partial charge is 0.508 e. The smallest absolute Gasteiger partial charge is 0.409 e. The number of hydrogen-bond donors (Lipinski definition) is 2. The molecule has 0 atom stereocenters.